The lowest BCUT2D eigenvalue weighted by Gasteiger charge is -2.14. The molecule has 0 radical (unpaired) electrons. The molecule has 1 aromatic heterocycles. The summed E-state index contributed by atoms with van der Waals surface area (Å²) >= 11 is 0. The second kappa shape index (κ2) is 10.0. The highest BCUT2D eigenvalue weighted by Gasteiger charge is 2.20. The van der Waals surface area contributed by atoms with Crippen molar-refractivity contribution in [3.8, 4) is 16.8 Å². The van der Waals surface area contributed by atoms with E-state index in [1.165, 1.54) is 97.6 Å². The summed E-state index contributed by atoms with van der Waals surface area (Å²) in [5, 5.41) is 18.2. The van der Waals surface area contributed by atoms with Crippen molar-refractivity contribution in [2.24, 2.45) is 0 Å². The van der Waals surface area contributed by atoms with Gasteiger partial charge in [0.1, 0.15) is 0 Å². The average Bonchev–Trinajstić information content (AvgIpc) is 3.53. The van der Waals surface area contributed by atoms with Crippen molar-refractivity contribution in [3.63, 3.8) is 0 Å². The molecule has 0 N–H and O–H groups in total. The number of nitrogens with zero attached hydrogens (tertiary/aromatic N) is 1. The molecule has 1 heterocycles. The molecule has 0 unspecified atom stereocenters. The normalized spacial score (nSPS) is 12.1. The highest BCUT2D eigenvalue weighted by atomic mass is 15.0. The molecule has 0 spiro atoms. The molecule has 0 saturated heterocycles. The van der Waals surface area contributed by atoms with Gasteiger partial charge in [-0.1, -0.05) is 152 Å². The molecule has 0 saturated carbocycles. The van der Waals surface area contributed by atoms with E-state index in [-0.39, 0.29) is 0 Å². The summed E-state index contributed by atoms with van der Waals surface area (Å²) in [5.74, 6) is 0. The van der Waals surface area contributed by atoms with Gasteiger partial charge in [0.15, 0.2) is 0 Å². The van der Waals surface area contributed by atoms with Crippen molar-refractivity contribution < 1.29 is 0 Å². The minimum absolute atomic E-state index is 1.16. The molecule has 0 aliphatic carbocycles. The van der Waals surface area contributed by atoms with Crippen LogP contribution in [0.1, 0.15) is 0 Å². The fourth-order valence-electron chi connectivity index (χ4n) is 8.60. The van der Waals surface area contributed by atoms with Crippen molar-refractivity contribution in [1.29, 1.82) is 0 Å². The third-order valence-corrected chi connectivity index (χ3v) is 10.7. The molecule has 226 valence electrons. The number of benzene rings is 10. The standard InChI is InChI=1S/C48H29N/c1-2-12-34-31(11-1)23-28-41-39-17-7-8-18-42(39)48-47(46(34)41)43-19-9-10-20-45(43)49(48)33-25-21-30(22-26-33)32-24-27-40-37-15-4-3-13-35(37)36-14-5-6-16-38(36)44(40)29-32/h1-29H. The van der Waals surface area contributed by atoms with Gasteiger partial charge in [-0.25, -0.2) is 0 Å². The second-order valence-corrected chi connectivity index (χ2v) is 13.2. The SMILES string of the molecule is c1ccc2c(c1)ccc1c3ccccc3c3c(c4ccccc4n3-c3ccc(-c4ccc5c6ccccc6c6ccccc6c5c4)cc3)c21. The zero-order valence-corrected chi connectivity index (χ0v) is 26.7. The van der Waals surface area contributed by atoms with Crippen LogP contribution in [0.15, 0.2) is 176 Å². The zero-order valence-electron chi connectivity index (χ0n) is 26.7. The summed E-state index contributed by atoms with van der Waals surface area (Å²) in [4.78, 5) is 0. The first-order valence-corrected chi connectivity index (χ1v) is 17.0. The van der Waals surface area contributed by atoms with Crippen LogP contribution in [0.25, 0.3) is 103 Å². The first-order chi connectivity index (χ1) is 24.3. The molecule has 49 heavy (non-hydrogen) atoms. The van der Waals surface area contributed by atoms with Crippen molar-refractivity contribution in [3.05, 3.63) is 176 Å². The fourth-order valence-corrected chi connectivity index (χ4v) is 8.60. The average molecular weight is 620 g/mol. The monoisotopic (exact) mass is 619 g/mol. The zero-order chi connectivity index (χ0) is 32.1. The van der Waals surface area contributed by atoms with Crippen molar-refractivity contribution in [2.45, 2.75) is 0 Å². The molecule has 1 nitrogen and oxygen atoms in total. The Morgan fingerprint density at radius 3 is 1.47 bits per heavy atom. The second-order valence-electron chi connectivity index (χ2n) is 13.2. The van der Waals surface area contributed by atoms with Gasteiger partial charge < -0.3 is 4.57 Å². The molecule has 10 aromatic carbocycles. The van der Waals surface area contributed by atoms with Gasteiger partial charge in [-0.15, -0.1) is 0 Å². The summed E-state index contributed by atoms with van der Waals surface area (Å²) < 4.78 is 2.48. The number of hydrogen-bond donors (Lipinski definition) is 0. The first-order valence-electron chi connectivity index (χ1n) is 17.0. The number of aromatic nitrogens is 1. The molecule has 11 aromatic rings. The summed E-state index contributed by atoms with van der Waals surface area (Å²) in [6, 6.07) is 64.9. The van der Waals surface area contributed by atoms with Crippen molar-refractivity contribution >= 4 is 86.4 Å². The lowest BCUT2D eigenvalue weighted by atomic mass is 9.92. The molecule has 0 atom stereocenters. The topological polar surface area (TPSA) is 4.93 Å². The Balaban J connectivity index is 1.17. The van der Waals surface area contributed by atoms with Crippen LogP contribution in [0.2, 0.25) is 0 Å². The van der Waals surface area contributed by atoms with Crippen LogP contribution in [-0.4, -0.2) is 4.57 Å². The summed E-state index contributed by atoms with van der Waals surface area (Å²) in [6.45, 7) is 0. The van der Waals surface area contributed by atoms with Gasteiger partial charge in [0.05, 0.1) is 11.0 Å². The Bertz CT molecular complexity index is 3110. The molecule has 11 rings (SSSR count). The summed E-state index contributed by atoms with van der Waals surface area (Å²) in [7, 11) is 0. The van der Waals surface area contributed by atoms with E-state index in [1.54, 1.807) is 0 Å². The molecule has 0 aliphatic rings. The Hall–Kier alpha value is -6.44. The van der Waals surface area contributed by atoms with Crippen molar-refractivity contribution in [2.75, 3.05) is 0 Å². The lowest BCUT2D eigenvalue weighted by molar-refractivity contribution is 1.19. The van der Waals surface area contributed by atoms with Crippen LogP contribution in [0, 0.1) is 0 Å². The smallest absolute Gasteiger partial charge is 0.0626 e. The van der Waals surface area contributed by atoms with Crippen LogP contribution in [0.3, 0.4) is 0 Å². The Morgan fingerprint density at radius 1 is 0.286 bits per heavy atom. The lowest BCUT2D eigenvalue weighted by Crippen LogP contribution is -1.95. The fraction of sp³-hybridized carbons (Fsp3) is 0. The van der Waals surface area contributed by atoms with Crippen LogP contribution in [-0.2, 0) is 0 Å². The molecular formula is C48H29N. The first kappa shape index (κ1) is 26.6. The van der Waals surface area contributed by atoms with E-state index in [9.17, 15) is 0 Å². The Labute approximate surface area is 282 Å². The van der Waals surface area contributed by atoms with E-state index in [1.807, 2.05) is 0 Å². The number of para-hydroxylation sites is 1. The Morgan fingerprint density at radius 2 is 0.776 bits per heavy atom. The van der Waals surface area contributed by atoms with E-state index >= 15 is 0 Å². The number of fused-ring (bicyclic) bond motifs is 16. The summed E-state index contributed by atoms with van der Waals surface area (Å²) in [5.41, 5.74) is 6.09. The van der Waals surface area contributed by atoms with E-state index in [0.717, 1.165) is 5.69 Å². The largest absolute Gasteiger partial charge is 0.309 e. The minimum Gasteiger partial charge on any atom is -0.309 e. The molecular weight excluding hydrogens is 591 g/mol. The predicted octanol–water partition coefficient (Wildman–Crippen LogP) is 13.4. The third kappa shape index (κ3) is 3.70. The highest BCUT2D eigenvalue weighted by molar-refractivity contribution is 6.37. The van der Waals surface area contributed by atoms with Gasteiger partial charge in [0.25, 0.3) is 0 Å². The van der Waals surface area contributed by atoms with Gasteiger partial charge >= 0.3 is 0 Å². The van der Waals surface area contributed by atoms with Crippen LogP contribution >= 0.6 is 0 Å². The maximum atomic E-state index is 2.48. The van der Waals surface area contributed by atoms with E-state index in [2.05, 4.69) is 180 Å². The van der Waals surface area contributed by atoms with Gasteiger partial charge in [-0.3, -0.25) is 0 Å². The van der Waals surface area contributed by atoms with Gasteiger partial charge in [-0.2, -0.15) is 0 Å². The highest BCUT2D eigenvalue weighted by Crippen LogP contribution is 2.45. The predicted molar refractivity (Wildman–Crippen MR) is 211 cm³/mol. The maximum Gasteiger partial charge on any atom is 0.0626 e. The van der Waals surface area contributed by atoms with Crippen LogP contribution in [0.4, 0.5) is 0 Å². The molecule has 0 fully saturated rings. The summed E-state index contributed by atoms with van der Waals surface area (Å²) in [6.07, 6.45) is 0. The van der Waals surface area contributed by atoms with E-state index in [4.69, 9.17) is 0 Å². The molecule has 0 amide bonds. The quantitative estimate of drug-likeness (QED) is 0.170. The number of rotatable bonds is 2. The van der Waals surface area contributed by atoms with Gasteiger partial charge in [-0.05, 0) is 89.3 Å². The van der Waals surface area contributed by atoms with Crippen LogP contribution < -0.4 is 0 Å². The van der Waals surface area contributed by atoms with Crippen molar-refractivity contribution in [1.82, 2.24) is 4.57 Å². The maximum absolute atomic E-state index is 2.48. The van der Waals surface area contributed by atoms with Crippen LogP contribution in [0.5, 0.6) is 0 Å². The van der Waals surface area contributed by atoms with Gasteiger partial charge in [0, 0.05) is 27.2 Å². The Kier molecular flexibility index (Phi) is 5.45. The van der Waals surface area contributed by atoms with Gasteiger partial charge in [0.2, 0.25) is 0 Å². The molecule has 0 aliphatic heterocycles. The van der Waals surface area contributed by atoms with E-state index in [0.29, 0.717) is 0 Å². The minimum atomic E-state index is 1.16. The number of hydrogen-bond acceptors (Lipinski definition) is 0. The molecule has 1 heteroatoms. The third-order valence-electron chi connectivity index (χ3n) is 10.7. The molecule has 0 bridgehead atoms. The van der Waals surface area contributed by atoms with E-state index < -0.39 is 0 Å².